The molecule has 3 rings (SSSR count). The molecule has 1 aromatic heterocycles. The SMILES string of the molecule is CCOCCn1nc(C)cc1C(=O)N1CCC2(CN(C)C(=O)O2)C1. The fourth-order valence-electron chi connectivity index (χ4n) is 3.37. The van der Waals surface area contributed by atoms with Crippen molar-refractivity contribution in [2.24, 2.45) is 0 Å². The quantitative estimate of drug-likeness (QED) is 0.747. The molecule has 3 heterocycles. The molecular weight excluding hydrogens is 312 g/mol. The van der Waals surface area contributed by atoms with E-state index in [-0.39, 0.29) is 12.0 Å². The van der Waals surface area contributed by atoms with Crippen molar-refractivity contribution in [3.05, 3.63) is 17.5 Å². The lowest BCUT2D eigenvalue weighted by Crippen LogP contribution is -2.39. The zero-order chi connectivity index (χ0) is 17.3. The van der Waals surface area contributed by atoms with Crippen LogP contribution in [0, 0.1) is 6.92 Å². The molecule has 1 spiro atoms. The second-order valence-corrected chi connectivity index (χ2v) is 6.47. The Bertz CT molecular complexity index is 644. The Morgan fingerprint density at radius 2 is 2.25 bits per heavy atom. The van der Waals surface area contributed by atoms with Crippen LogP contribution in [0.4, 0.5) is 4.79 Å². The second kappa shape index (κ2) is 6.43. The molecule has 24 heavy (non-hydrogen) atoms. The Hall–Kier alpha value is -2.09. The van der Waals surface area contributed by atoms with E-state index in [0.717, 1.165) is 5.69 Å². The number of rotatable bonds is 5. The van der Waals surface area contributed by atoms with Crippen LogP contribution in [-0.4, -0.2) is 77.1 Å². The van der Waals surface area contributed by atoms with Gasteiger partial charge >= 0.3 is 6.09 Å². The number of hydrogen-bond donors (Lipinski definition) is 0. The largest absolute Gasteiger partial charge is 0.439 e. The highest BCUT2D eigenvalue weighted by atomic mass is 16.6. The molecule has 1 atom stereocenters. The molecule has 2 aliphatic heterocycles. The summed E-state index contributed by atoms with van der Waals surface area (Å²) >= 11 is 0. The van der Waals surface area contributed by atoms with E-state index >= 15 is 0 Å². The van der Waals surface area contributed by atoms with Crippen LogP contribution in [0.1, 0.15) is 29.5 Å². The predicted octanol–water partition coefficient (Wildman–Crippen LogP) is 0.895. The molecule has 2 aliphatic rings. The van der Waals surface area contributed by atoms with E-state index in [1.807, 2.05) is 13.8 Å². The normalized spacial score (nSPS) is 23.4. The third-order valence-electron chi connectivity index (χ3n) is 4.52. The molecule has 1 unspecified atom stereocenters. The van der Waals surface area contributed by atoms with Gasteiger partial charge in [-0.15, -0.1) is 0 Å². The summed E-state index contributed by atoms with van der Waals surface area (Å²) in [5, 5.41) is 4.38. The van der Waals surface area contributed by atoms with Gasteiger partial charge in [0.1, 0.15) is 5.69 Å². The van der Waals surface area contributed by atoms with Gasteiger partial charge in [0.15, 0.2) is 5.60 Å². The molecule has 2 fully saturated rings. The molecule has 0 saturated carbocycles. The lowest BCUT2D eigenvalue weighted by atomic mass is 10.0. The summed E-state index contributed by atoms with van der Waals surface area (Å²) in [7, 11) is 1.72. The fourth-order valence-corrected chi connectivity index (χ4v) is 3.37. The number of hydrogen-bond acceptors (Lipinski definition) is 5. The minimum atomic E-state index is -0.563. The summed E-state index contributed by atoms with van der Waals surface area (Å²) in [4.78, 5) is 27.9. The van der Waals surface area contributed by atoms with Gasteiger partial charge in [0.2, 0.25) is 0 Å². The Morgan fingerprint density at radius 3 is 2.92 bits per heavy atom. The molecule has 2 amide bonds. The van der Waals surface area contributed by atoms with Crippen molar-refractivity contribution in [1.82, 2.24) is 19.6 Å². The molecule has 8 heteroatoms. The monoisotopic (exact) mass is 336 g/mol. The van der Waals surface area contributed by atoms with Gasteiger partial charge in [0.05, 0.1) is 31.9 Å². The lowest BCUT2D eigenvalue weighted by molar-refractivity contribution is 0.0545. The molecule has 0 aliphatic carbocycles. The Morgan fingerprint density at radius 1 is 1.46 bits per heavy atom. The van der Waals surface area contributed by atoms with Gasteiger partial charge in [-0.1, -0.05) is 0 Å². The number of ether oxygens (including phenoxy) is 2. The summed E-state index contributed by atoms with van der Waals surface area (Å²) < 4.78 is 12.6. The van der Waals surface area contributed by atoms with Crippen molar-refractivity contribution < 1.29 is 19.1 Å². The van der Waals surface area contributed by atoms with Crippen LogP contribution >= 0.6 is 0 Å². The molecule has 0 radical (unpaired) electrons. The molecular formula is C16H24N4O4. The van der Waals surface area contributed by atoms with Crippen molar-refractivity contribution in [3.63, 3.8) is 0 Å². The average Bonchev–Trinajstić information content (AvgIpc) is 3.18. The number of likely N-dealkylation sites (tertiary alicyclic amines) is 1. The van der Waals surface area contributed by atoms with Crippen LogP contribution in [0.3, 0.4) is 0 Å². The number of amides is 2. The predicted molar refractivity (Wildman–Crippen MR) is 85.8 cm³/mol. The summed E-state index contributed by atoms with van der Waals surface area (Å²) in [5.74, 6) is -0.0745. The van der Waals surface area contributed by atoms with Gasteiger partial charge in [-0.3, -0.25) is 9.48 Å². The van der Waals surface area contributed by atoms with Gasteiger partial charge in [0, 0.05) is 26.6 Å². The van der Waals surface area contributed by atoms with E-state index < -0.39 is 5.60 Å². The van der Waals surface area contributed by atoms with Crippen molar-refractivity contribution in [3.8, 4) is 0 Å². The Balaban J connectivity index is 1.70. The number of aryl methyl sites for hydroxylation is 1. The highest BCUT2D eigenvalue weighted by Gasteiger charge is 2.49. The van der Waals surface area contributed by atoms with Crippen molar-refractivity contribution in [2.75, 3.05) is 39.9 Å². The molecule has 0 bridgehead atoms. The molecule has 2 saturated heterocycles. The third kappa shape index (κ3) is 3.10. The van der Waals surface area contributed by atoms with E-state index in [9.17, 15) is 9.59 Å². The highest BCUT2D eigenvalue weighted by molar-refractivity contribution is 5.93. The first kappa shape index (κ1) is 16.8. The minimum Gasteiger partial charge on any atom is -0.439 e. The van der Waals surface area contributed by atoms with E-state index in [2.05, 4.69) is 5.10 Å². The van der Waals surface area contributed by atoms with Crippen LogP contribution in [0.25, 0.3) is 0 Å². The Labute approximate surface area is 141 Å². The summed E-state index contributed by atoms with van der Waals surface area (Å²) in [6.07, 6.45) is 0.350. The van der Waals surface area contributed by atoms with Gasteiger partial charge in [-0.2, -0.15) is 5.10 Å². The molecule has 132 valence electrons. The van der Waals surface area contributed by atoms with Gasteiger partial charge in [-0.05, 0) is 19.9 Å². The maximum absolute atomic E-state index is 12.9. The lowest BCUT2D eigenvalue weighted by Gasteiger charge is -2.22. The van der Waals surface area contributed by atoms with E-state index in [1.165, 1.54) is 0 Å². The standard InChI is InChI=1S/C16H24N4O4/c1-4-23-8-7-20-13(9-12(2)17-20)14(21)19-6-5-16(11-19)10-18(3)15(22)24-16/h9H,4-8,10-11H2,1-3H3. The van der Waals surface area contributed by atoms with Crippen molar-refractivity contribution in [2.45, 2.75) is 32.4 Å². The van der Waals surface area contributed by atoms with Crippen LogP contribution in [0.5, 0.6) is 0 Å². The molecule has 8 nitrogen and oxygen atoms in total. The summed E-state index contributed by atoms with van der Waals surface area (Å²) in [5.41, 5.74) is 0.796. The fraction of sp³-hybridized carbons (Fsp3) is 0.688. The summed E-state index contributed by atoms with van der Waals surface area (Å²) in [6.45, 7) is 7.03. The first-order valence-electron chi connectivity index (χ1n) is 8.30. The van der Waals surface area contributed by atoms with Crippen LogP contribution in [0.2, 0.25) is 0 Å². The van der Waals surface area contributed by atoms with Gasteiger partial charge < -0.3 is 19.3 Å². The van der Waals surface area contributed by atoms with Crippen molar-refractivity contribution in [1.29, 1.82) is 0 Å². The second-order valence-electron chi connectivity index (χ2n) is 6.47. The number of nitrogens with zero attached hydrogens (tertiary/aromatic N) is 4. The zero-order valence-corrected chi connectivity index (χ0v) is 14.4. The topological polar surface area (TPSA) is 76.9 Å². The third-order valence-corrected chi connectivity index (χ3v) is 4.52. The van der Waals surface area contributed by atoms with Crippen LogP contribution in [-0.2, 0) is 16.0 Å². The van der Waals surface area contributed by atoms with Gasteiger partial charge in [-0.25, -0.2) is 4.79 Å². The number of likely N-dealkylation sites (N-methyl/N-ethyl adjacent to an activating group) is 1. The smallest absolute Gasteiger partial charge is 0.410 e. The van der Waals surface area contributed by atoms with E-state index in [0.29, 0.717) is 51.5 Å². The number of carbonyl (C=O) groups is 2. The van der Waals surface area contributed by atoms with E-state index in [4.69, 9.17) is 9.47 Å². The highest BCUT2D eigenvalue weighted by Crippen LogP contribution is 2.32. The molecule has 0 aromatic carbocycles. The summed E-state index contributed by atoms with van der Waals surface area (Å²) in [6, 6.07) is 1.80. The van der Waals surface area contributed by atoms with Crippen molar-refractivity contribution >= 4 is 12.0 Å². The van der Waals surface area contributed by atoms with Crippen LogP contribution in [0.15, 0.2) is 6.07 Å². The minimum absolute atomic E-state index is 0.0745. The zero-order valence-electron chi connectivity index (χ0n) is 14.4. The maximum Gasteiger partial charge on any atom is 0.410 e. The number of aromatic nitrogens is 2. The Kier molecular flexibility index (Phi) is 4.49. The maximum atomic E-state index is 12.9. The van der Waals surface area contributed by atoms with Crippen LogP contribution < -0.4 is 0 Å². The average molecular weight is 336 g/mol. The first-order valence-corrected chi connectivity index (χ1v) is 8.30. The first-order chi connectivity index (χ1) is 11.4. The number of carbonyl (C=O) groups excluding carboxylic acids is 2. The molecule has 0 N–H and O–H groups in total. The molecule has 1 aromatic rings. The van der Waals surface area contributed by atoms with E-state index in [1.54, 1.807) is 27.6 Å². The van der Waals surface area contributed by atoms with Gasteiger partial charge in [0.25, 0.3) is 5.91 Å².